The van der Waals surface area contributed by atoms with Crippen LogP contribution in [-0.2, 0) is 0 Å². The molecule has 3 aromatic rings. The molecule has 124 valence electrons. The molecule has 0 radical (unpaired) electrons. The van der Waals surface area contributed by atoms with E-state index in [4.69, 9.17) is 4.52 Å². The Balaban J connectivity index is 1.57. The standard InChI is InChI=1S/C16H18N6O2/c1-10-19-15(24-20-10)14-8-22(6-5-21(14)2)16(23)11-3-4-12-13(7-11)18-9-17-12/h3-4,7,9,14H,5-6,8H2,1-2H3,(H,17,18). The van der Waals surface area contributed by atoms with Crippen molar-refractivity contribution in [2.45, 2.75) is 13.0 Å². The number of rotatable bonds is 2. The molecular weight excluding hydrogens is 308 g/mol. The Labute approximate surface area is 138 Å². The van der Waals surface area contributed by atoms with E-state index in [0.29, 0.717) is 30.4 Å². The number of fused-ring (bicyclic) bond motifs is 1. The fraction of sp³-hybridized carbons (Fsp3) is 0.375. The summed E-state index contributed by atoms with van der Waals surface area (Å²) in [7, 11) is 2.00. The van der Waals surface area contributed by atoms with Crippen LogP contribution in [0.25, 0.3) is 11.0 Å². The molecule has 3 heterocycles. The number of carbonyl (C=O) groups excluding carboxylic acids is 1. The van der Waals surface area contributed by atoms with Gasteiger partial charge in [-0.05, 0) is 32.2 Å². The van der Waals surface area contributed by atoms with Crippen LogP contribution in [-0.4, -0.2) is 62.5 Å². The molecule has 1 atom stereocenters. The first-order chi connectivity index (χ1) is 11.6. The number of hydrogen-bond acceptors (Lipinski definition) is 6. The largest absolute Gasteiger partial charge is 0.345 e. The lowest BCUT2D eigenvalue weighted by atomic mass is 10.1. The lowest BCUT2D eigenvalue weighted by Gasteiger charge is -2.37. The van der Waals surface area contributed by atoms with Gasteiger partial charge in [0, 0.05) is 25.2 Å². The van der Waals surface area contributed by atoms with Gasteiger partial charge in [0.2, 0.25) is 5.89 Å². The zero-order valence-corrected chi connectivity index (χ0v) is 13.6. The van der Waals surface area contributed by atoms with Crippen LogP contribution in [0.2, 0.25) is 0 Å². The number of aryl methyl sites for hydroxylation is 1. The number of hydrogen-bond donors (Lipinski definition) is 1. The Hall–Kier alpha value is -2.74. The van der Waals surface area contributed by atoms with Gasteiger partial charge in [-0.2, -0.15) is 4.98 Å². The van der Waals surface area contributed by atoms with Gasteiger partial charge in [-0.1, -0.05) is 5.16 Å². The van der Waals surface area contributed by atoms with Crippen molar-refractivity contribution in [1.29, 1.82) is 0 Å². The second kappa shape index (κ2) is 5.72. The Morgan fingerprint density at radius 3 is 3.04 bits per heavy atom. The van der Waals surface area contributed by atoms with Gasteiger partial charge in [-0.3, -0.25) is 9.69 Å². The quantitative estimate of drug-likeness (QED) is 0.765. The van der Waals surface area contributed by atoms with Crippen molar-refractivity contribution >= 4 is 16.9 Å². The number of amides is 1. The number of carbonyl (C=O) groups is 1. The summed E-state index contributed by atoms with van der Waals surface area (Å²) in [6.45, 7) is 3.74. The number of benzene rings is 1. The molecule has 8 nitrogen and oxygen atoms in total. The van der Waals surface area contributed by atoms with Crippen LogP contribution in [0.5, 0.6) is 0 Å². The fourth-order valence-corrected chi connectivity index (χ4v) is 3.02. The summed E-state index contributed by atoms with van der Waals surface area (Å²) >= 11 is 0. The summed E-state index contributed by atoms with van der Waals surface area (Å²) in [5, 5.41) is 3.86. The Morgan fingerprint density at radius 2 is 2.25 bits per heavy atom. The van der Waals surface area contributed by atoms with Gasteiger partial charge in [0.05, 0.1) is 17.4 Å². The van der Waals surface area contributed by atoms with Gasteiger partial charge in [0.25, 0.3) is 5.91 Å². The molecule has 1 aliphatic heterocycles. The molecule has 24 heavy (non-hydrogen) atoms. The predicted molar refractivity (Wildman–Crippen MR) is 86.4 cm³/mol. The predicted octanol–water partition coefficient (Wildman–Crippen LogP) is 1.38. The third-order valence-corrected chi connectivity index (χ3v) is 4.43. The van der Waals surface area contributed by atoms with E-state index in [1.807, 2.05) is 30.1 Å². The maximum Gasteiger partial charge on any atom is 0.254 e. The summed E-state index contributed by atoms with van der Waals surface area (Å²) < 4.78 is 5.30. The van der Waals surface area contributed by atoms with E-state index in [0.717, 1.165) is 17.6 Å². The van der Waals surface area contributed by atoms with Crippen LogP contribution in [0, 0.1) is 6.92 Å². The lowest BCUT2D eigenvalue weighted by Crippen LogP contribution is -2.49. The van der Waals surface area contributed by atoms with Gasteiger partial charge in [0.1, 0.15) is 6.04 Å². The second-order valence-corrected chi connectivity index (χ2v) is 6.06. The average Bonchev–Trinajstić information content (AvgIpc) is 3.22. The molecule has 0 spiro atoms. The average molecular weight is 326 g/mol. The smallest absolute Gasteiger partial charge is 0.254 e. The van der Waals surface area contributed by atoms with E-state index < -0.39 is 0 Å². The second-order valence-electron chi connectivity index (χ2n) is 6.06. The summed E-state index contributed by atoms with van der Waals surface area (Å²) in [4.78, 5) is 28.4. The number of piperazine rings is 1. The summed E-state index contributed by atoms with van der Waals surface area (Å²) in [5.41, 5.74) is 2.36. The number of likely N-dealkylation sites (N-methyl/N-ethyl adjacent to an activating group) is 1. The van der Waals surface area contributed by atoms with Crippen molar-refractivity contribution in [2.75, 3.05) is 26.7 Å². The van der Waals surface area contributed by atoms with Crippen LogP contribution < -0.4 is 0 Å². The highest BCUT2D eigenvalue weighted by atomic mass is 16.5. The summed E-state index contributed by atoms with van der Waals surface area (Å²) in [6.07, 6.45) is 1.63. The van der Waals surface area contributed by atoms with Crippen molar-refractivity contribution in [3.63, 3.8) is 0 Å². The Kier molecular flexibility index (Phi) is 3.53. The van der Waals surface area contributed by atoms with Crippen molar-refractivity contribution in [2.24, 2.45) is 0 Å². The molecule has 4 rings (SSSR count). The minimum atomic E-state index is -0.0835. The molecule has 2 aromatic heterocycles. The SMILES string of the molecule is Cc1noc(C2CN(C(=O)c3ccc4nc[nH]c4c3)CCN2C)n1. The maximum absolute atomic E-state index is 12.9. The van der Waals surface area contributed by atoms with E-state index in [2.05, 4.69) is 25.0 Å². The molecule has 0 aliphatic carbocycles. The first kappa shape index (κ1) is 14.8. The molecule has 1 aliphatic rings. The summed E-state index contributed by atoms with van der Waals surface area (Å²) in [6, 6.07) is 5.43. The van der Waals surface area contributed by atoms with Crippen molar-refractivity contribution in [1.82, 2.24) is 29.9 Å². The van der Waals surface area contributed by atoms with Gasteiger partial charge < -0.3 is 14.4 Å². The molecule has 0 saturated carbocycles. The third kappa shape index (κ3) is 2.54. The first-order valence-electron chi connectivity index (χ1n) is 7.84. The zero-order valence-electron chi connectivity index (χ0n) is 13.6. The molecule has 1 N–H and O–H groups in total. The van der Waals surface area contributed by atoms with Gasteiger partial charge >= 0.3 is 0 Å². The minimum absolute atomic E-state index is 0.000775. The van der Waals surface area contributed by atoms with E-state index in [9.17, 15) is 4.79 Å². The zero-order chi connectivity index (χ0) is 16.7. The van der Waals surface area contributed by atoms with Crippen molar-refractivity contribution in [3.05, 3.63) is 41.8 Å². The van der Waals surface area contributed by atoms with E-state index in [1.165, 1.54) is 0 Å². The summed E-state index contributed by atoms with van der Waals surface area (Å²) in [5.74, 6) is 1.16. The molecule has 1 fully saturated rings. The molecule has 1 amide bonds. The maximum atomic E-state index is 12.9. The monoisotopic (exact) mass is 326 g/mol. The van der Waals surface area contributed by atoms with E-state index >= 15 is 0 Å². The Bertz CT molecular complexity index is 885. The van der Waals surface area contributed by atoms with Crippen LogP contribution in [0.3, 0.4) is 0 Å². The van der Waals surface area contributed by atoms with Crippen LogP contribution in [0.4, 0.5) is 0 Å². The Morgan fingerprint density at radius 1 is 1.38 bits per heavy atom. The number of imidazole rings is 1. The highest BCUT2D eigenvalue weighted by molar-refractivity contribution is 5.97. The van der Waals surface area contributed by atoms with Gasteiger partial charge in [0.15, 0.2) is 5.82 Å². The number of nitrogens with zero attached hydrogens (tertiary/aromatic N) is 5. The van der Waals surface area contributed by atoms with E-state index in [1.54, 1.807) is 13.3 Å². The number of aromatic amines is 1. The minimum Gasteiger partial charge on any atom is -0.345 e. The number of H-pyrrole nitrogens is 1. The molecule has 0 bridgehead atoms. The number of aromatic nitrogens is 4. The highest BCUT2D eigenvalue weighted by Crippen LogP contribution is 2.24. The van der Waals surface area contributed by atoms with Crippen LogP contribution in [0.1, 0.15) is 28.1 Å². The van der Waals surface area contributed by atoms with Crippen LogP contribution >= 0.6 is 0 Å². The van der Waals surface area contributed by atoms with Crippen molar-refractivity contribution in [3.8, 4) is 0 Å². The lowest BCUT2D eigenvalue weighted by molar-refractivity contribution is 0.0489. The molecule has 1 aromatic carbocycles. The molecule has 1 unspecified atom stereocenters. The van der Waals surface area contributed by atoms with Gasteiger partial charge in [-0.25, -0.2) is 4.98 Å². The highest BCUT2D eigenvalue weighted by Gasteiger charge is 2.32. The van der Waals surface area contributed by atoms with Crippen molar-refractivity contribution < 1.29 is 9.32 Å². The normalized spacial score (nSPS) is 19.1. The fourth-order valence-electron chi connectivity index (χ4n) is 3.02. The van der Waals surface area contributed by atoms with Crippen LogP contribution in [0.15, 0.2) is 29.0 Å². The number of nitrogens with one attached hydrogen (secondary N) is 1. The molecule has 1 saturated heterocycles. The topological polar surface area (TPSA) is 91.2 Å². The molecular formula is C16H18N6O2. The first-order valence-corrected chi connectivity index (χ1v) is 7.84. The van der Waals surface area contributed by atoms with Gasteiger partial charge in [-0.15, -0.1) is 0 Å². The van der Waals surface area contributed by atoms with E-state index in [-0.39, 0.29) is 11.9 Å². The molecule has 8 heteroatoms. The third-order valence-electron chi connectivity index (χ3n) is 4.43.